The average Bonchev–Trinajstić information content (AvgIpc) is 3.02. The monoisotopic (exact) mass is 546 g/mol. The van der Waals surface area contributed by atoms with Gasteiger partial charge in [0, 0.05) is 5.41 Å². The van der Waals surface area contributed by atoms with Crippen molar-refractivity contribution in [3.05, 3.63) is 113 Å². The Labute approximate surface area is 244 Å². The van der Waals surface area contributed by atoms with Crippen molar-refractivity contribution in [2.75, 3.05) is 0 Å². The van der Waals surface area contributed by atoms with Gasteiger partial charge in [-0.2, -0.15) is 0 Å². The molecule has 2 aliphatic carbocycles. The van der Waals surface area contributed by atoms with Gasteiger partial charge in [-0.3, -0.25) is 0 Å². The van der Waals surface area contributed by atoms with Gasteiger partial charge in [0.15, 0.2) is 0 Å². The maximum Gasteiger partial charge on any atom is 0.119 e. The lowest BCUT2D eigenvalue weighted by atomic mass is 9.69. The molecule has 2 fully saturated rings. The highest BCUT2D eigenvalue weighted by molar-refractivity contribution is 5.66. The van der Waals surface area contributed by atoms with Crippen LogP contribution in [0.5, 0.6) is 17.2 Å². The zero-order chi connectivity index (χ0) is 28.4. The molecule has 4 aromatic carbocycles. The summed E-state index contributed by atoms with van der Waals surface area (Å²) in [6.45, 7) is 2.29. The maximum absolute atomic E-state index is 11.0. The van der Waals surface area contributed by atoms with Crippen LogP contribution in [0.15, 0.2) is 84.9 Å². The molecular weight excluding hydrogens is 504 g/mol. The first-order valence-corrected chi connectivity index (χ1v) is 15.5. The van der Waals surface area contributed by atoms with Gasteiger partial charge in [0.1, 0.15) is 17.2 Å². The SMILES string of the molecule is CC(c1ccc(-c2ccc(O)cc2)cc1)(c1ccc(O)c(C2CCCCC2)c1)c1ccc(O)c(C2CCCCC2)c1. The van der Waals surface area contributed by atoms with Crippen LogP contribution in [-0.4, -0.2) is 15.3 Å². The number of benzene rings is 4. The third kappa shape index (κ3) is 5.47. The summed E-state index contributed by atoms with van der Waals surface area (Å²) in [6, 6.07) is 28.5. The van der Waals surface area contributed by atoms with Crippen LogP contribution in [0.2, 0.25) is 0 Å². The van der Waals surface area contributed by atoms with Gasteiger partial charge >= 0.3 is 0 Å². The van der Waals surface area contributed by atoms with E-state index >= 15 is 0 Å². The van der Waals surface area contributed by atoms with Gasteiger partial charge in [-0.05, 0) is 108 Å². The summed E-state index contributed by atoms with van der Waals surface area (Å²) in [5, 5.41) is 31.7. The van der Waals surface area contributed by atoms with E-state index in [0.29, 0.717) is 23.3 Å². The highest BCUT2D eigenvalue weighted by Crippen LogP contribution is 2.46. The largest absolute Gasteiger partial charge is 0.508 e. The Hall–Kier alpha value is -3.72. The Kier molecular flexibility index (Phi) is 7.79. The molecule has 4 aromatic rings. The second kappa shape index (κ2) is 11.6. The second-order valence-electron chi connectivity index (χ2n) is 12.5. The Morgan fingerprint density at radius 3 is 1.32 bits per heavy atom. The van der Waals surface area contributed by atoms with E-state index in [1.807, 2.05) is 24.3 Å². The van der Waals surface area contributed by atoms with Gasteiger partial charge in [-0.1, -0.05) is 99.2 Å². The van der Waals surface area contributed by atoms with Gasteiger partial charge in [-0.15, -0.1) is 0 Å². The number of aromatic hydroxyl groups is 3. The molecule has 2 saturated carbocycles. The summed E-state index contributed by atoms with van der Waals surface area (Å²) in [6.07, 6.45) is 11.9. The van der Waals surface area contributed by atoms with Crippen LogP contribution in [0, 0.1) is 0 Å². The lowest BCUT2D eigenvalue weighted by molar-refractivity contribution is 0.412. The maximum atomic E-state index is 11.0. The standard InChI is InChI=1S/C38H42O3/c1-38(30-16-12-26(13-17-30)27-14-20-33(39)21-15-27,31-18-22-36(40)34(24-31)28-8-4-2-5-9-28)32-19-23-37(41)35(25-32)29-10-6-3-7-11-29/h12-25,28-29,39-41H,2-11H2,1H3. The van der Waals surface area contributed by atoms with Gasteiger partial charge in [0.05, 0.1) is 0 Å². The fraction of sp³-hybridized carbons (Fsp3) is 0.368. The van der Waals surface area contributed by atoms with Crippen molar-refractivity contribution in [3.63, 3.8) is 0 Å². The molecule has 3 nitrogen and oxygen atoms in total. The quantitative estimate of drug-likeness (QED) is 0.211. The Morgan fingerprint density at radius 2 is 0.878 bits per heavy atom. The van der Waals surface area contributed by atoms with E-state index in [2.05, 4.69) is 55.5 Å². The molecule has 0 radical (unpaired) electrons. The smallest absolute Gasteiger partial charge is 0.119 e. The Morgan fingerprint density at radius 1 is 0.488 bits per heavy atom. The first-order valence-electron chi connectivity index (χ1n) is 15.5. The predicted octanol–water partition coefficient (Wildman–Crippen LogP) is 9.92. The zero-order valence-corrected chi connectivity index (χ0v) is 24.2. The first-order chi connectivity index (χ1) is 19.9. The van der Waals surface area contributed by atoms with Crippen LogP contribution in [0.1, 0.15) is 111 Å². The van der Waals surface area contributed by atoms with E-state index in [1.54, 1.807) is 12.1 Å². The van der Waals surface area contributed by atoms with E-state index in [1.165, 1.54) is 44.1 Å². The normalized spacial score (nSPS) is 17.0. The number of phenols is 3. The average molecular weight is 547 g/mol. The number of hydrogen-bond acceptors (Lipinski definition) is 3. The molecule has 3 heteroatoms. The number of rotatable bonds is 6. The van der Waals surface area contributed by atoms with Gasteiger partial charge in [-0.25, -0.2) is 0 Å². The summed E-state index contributed by atoms with van der Waals surface area (Å²) in [5.74, 6) is 1.85. The highest BCUT2D eigenvalue weighted by Gasteiger charge is 2.34. The minimum atomic E-state index is -0.484. The minimum absolute atomic E-state index is 0.264. The van der Waals surface area contributed by atoms with E-state index in [4.69, 9.17) is 0 Å². The van der Waals surface area contributed by atoms with Crippen molar-refractivity contribution >= 4 is 0 Å². The lowest BCUT2D eigenvalue weighted by Crippen LogP contribution is -2.26. The summed E-state index contributed by atoms with van der Waals surface area (Å²) in [7, 11) is 0. The molecule has 0 bridgehead atoms. The van der Waals surface area contributed by atoms with Crippen molar-refractivity contribution in [3.8, 4) is 28.4 Å². The third-order valence-electron chi connectivity index (χ3n) is 9.96. The topological polar surface area (TPSA) is 60.7 Å². The van der Waals surface area contributed by atoms with Crippen LogP contribution in [-0.2, 0) is 5.41 Å². The van der Waals surface area contributed by atoms with Gasteiger partial charge < -0.3 is 15.3 Å². The minimum Gasteiger partial charge on any atom is -0.508 e. The van der Waals surface area contributed by atoms with Crippen LogP contribution >= 0.6 is 0 Å². The second-order valence-corrected chi connectivity index (χ2v) is 12.5. The molecule has 0 aliphatic heterocycles. The highest BCUT2D eigenvalue weighted by atomic mass is 16.3. The Balaban J connectivity index is 1.48. The third-order valence-corrected chi connectivity index (χ3v) is 9.96. The number of hydrogen-bond donors (Lipinski definition) is 3. The molecule has 6 rings (SSSR count). The molecule has 0 aromatic heterocycles. The summed E-state index contributed by atoms with van der Waals surface area (Å²) in [5.41, 5.74) is 7.30. The van der Waals surface area contributed by atoms with Crippen LogP contribution < -0.4 is 0 Å². The molecule has 41 heavy (non-hydrogen) atoms. The Bertz CT molecular complexity index is 1410. The van der Waals surface area contributed by atoms with Crippen LogP contribution in [0.4, 0.5) is 0 Å². The summed E-state index contributed by atoms with van der Waals surface area (Å²) >= 11 is 0. The molecular formula is C38H42O3. The zero-order valence-electron chi connectivity index (χ0n) is 24.2. The van der Waals surface area contributed by atoms with E-state index in [-0.39, 0.29) is 5.75 Å². The van der Waals surface area contributed by atoms with Crippen LogP contribution in [0.3, 0.4) is 0 Å². The molecule has 0 heterocycles. The first kappa shape index (κ1) is 27.4. The number of phenolic OH excluding ortho intramolecular Hbond substituents is 3. The van der Waals surface area contributed by atoms with Crippen molar-refractivity contribution in [1.29, 1.82) is 0 Å². The molecule has 0 amide bonds. The van der Waals surface area contributed by atoms with Gasteiger partial charge in [0.25, 0.3) is 0 Å². The molecule has 0 atom stereocenters. The van der Waals surface area contributed by atoms with Crippen molar-refractivity contribution in [1.82, 2.24) is 0 Å². The predicted molar refractivity (Wildman–Crippen MR) is 167 cm³/mol. The molecule has 3 N–H and O–H groups in total. The van der Waals surface area contributed by atoms with Crippen molar-refractivity contribution < 1.29 is 15.3 Å². The fourth-order valence-corrected chi connectivity index (χ4v) is 7.36. The molecule has 0 unspecified atom stereocenters. The van der Waals surface area contributed by atoms with Crippen molar-refractivity contribution in [2.24, 2.45) is 0 Å². The fourth-order valence-electron chi connectivity index (χ4n) is 7.36. The molecule has 212 valence electrons. The van der Waals surface area contributed by atoms with Gasteiger partial charge in [0.2, 0.25) is 0 Å². The van der Waals surface area contributed by atoms with E-state index < -0.39 is 5.41 Å². The van der Waals surface area contributed by atoms with Crippen molar-refractivity contribution in [2.45, 2.75) is 88.4 Å². The summed E-state index contributed by atoms with van der Waals surface area (Å²) in [4.78, 5) is 0. The van der Waals surface area contributed by atoms with E-state index in [0.717, 1.165) is 59.1 Å². The lowest BCUT2D eigenvalue weighted by Gasteiger charge is -2.34. The summed E-state index contributed by atoms with van der Waals surface area (Å²) < 4.78 is 0. The van der Waals surface area contributed by atoms with Crippen LogP contribution in [0.25, 0.3) is 11.1 Å². The van der Waals surface area contributed by atoms with E-state index in [9.17, 15) is 15.3 Å². The molecule has 0 spiro atoms. The molecule has 0 saturated heterocycles. The molecule has 2 aliphatic rings.